The number of ether oxygens (including phenoxy) is 1. The molecule has 0 saturated heterocycles. The van der Waals surface area contributed by atoms with Gasteiger partial charge in [-0.15, -0.1) is 0 Å². The second-order valence-electron chi connectivity index (χ2n) is 6.26. The van der Waals surface area contributed by atoms with Gasteiger partial charge in [0.25, 0.3) is 11.8 Å². The monoisotopic (exact) mass is 419 g/mol. The molecule has 0 spiro atoms. The van der Waals surface area contributed by atoms with E-state index in [2.05, 4.69) is 15.4 Å². The fraction of sp³-hybridized carbons (Fsp3) is 0.300. The number of benzene rings is 2. The van der Waals surface area contributed by atoms with E-state index in [0.717, 1.165) is 5.56 Å². The highest BCUT2D eigenvalue weighted by Crippen LogP contribution is 2.19. The van der Waals surface area contributed by atoms with Crippen LogP contribution in [0, 0.1) is 6.92 Å². The van der Waals surface area contributed by atoms with Crippen molar-refractivity contribution in [2.75, 3.05) is 32.1 Å². The van der Waals surface area contributed by atoms with Crippen LogP contribution < -0.4 is 15.4 Å². The van der Waals surface area contributed by atoms with Gasteiger partial charge in [0.1, 0.15) is 0 Å². The summed E-state index contributed by atoms with van der Waals surface area (Å²) in [5, 5.41) is 5.47. The summed E-state index contributed by atoms with van der Waals surface area (Å²) in [5.41, 5.74) is 2.05. The van der Waals surface area contributed by atoms with E-state index in [-0.39, 0.29) is 24.0 Å². The molecule has 0 unspecified atom stereocenters. The Kier molecular flexibility index (Phi) is 7.89. The number of hydrogen-bond acceptors (Lipinski definition) is 5. The second-order valence-corrected chi connectivity index (χ2v) is 8.03. The molecule has 29 heavy (non-hydrogen) atoms. The molecule has 2 amide bonds. The van der Waals surface area contributed by atoms with Gasteiger partial charge in [0.15, 0.2) is 0 Å². The fourth-order valence-electron chi connectivity index (χ4n) is 2.50. The molecule has 0 atom stereocenters. The quantitative estimate of drug-likeness (QED) is 0.538. The number of sulfonamides is 1. The first kappa shape index (κ1) is 22.5. The molecule has 9 heteroatoms. The predicted octanol–water partition coefficient (Wildman–Crippen LogP) is 1.92. The molecule has 0 radical (unpaired) electrons. The van der Waals surface area contributed by atoms with Crippen LogP contribution in [-0.4, -0.2) is 47.0 Å². The summed E-state index contributed by atoms with van der Waals surface area (Å²) in [6.07, 6.45) is 0. The van der Waals surface area contributed by atoms with Crippen molar-refractivity contribution in [1.29, 1.82) is 0 Å². The first-order valence-corrected chi connectivity index (χ1v) is 10.6. The number of aryl methyl sites for hydroxylation is 1. The van der Waals surface area contributed by atoms with Crippen LogP contribution in [0.15, 0.2) is 47.4 Å². The van der Waals surface area contributed by atoms with Crippen molar-refractivity contribution in [3.05, 3.63) is 59.2 Å². The van der Waals surface area contributed by atoms with E-state index in [1.54, 1.807) is 18.2 Å². The van der Waals surface area contributed by atoms with E-state index in [4.69, 9.17) is 4.74 Å². The largest absolute Gasteiger partial charge is 0.383 e. The van der Waals surface area contributed by atoms with Crippen LogP contribution in [0.25, 0.3) is 0 Å². The minimum atomic E-state index is -3.67. The summed E-state index contributed by atoms with van der Waals surface area (Å²) in [5.74, 6) is -0.629. The lowest BCUT2D eigenvalue weighted by atomic mass is 10.1. The van der Waals surface area contributed by atoms with Crippen LogP contribution in [-0.2, 0) is 14.8 Å². The van der Waals surface area contributed by atoms with Gasteiger partial charge in [-0.1, -0.05) is 6.07 Å². The Morgan fingerprint density at radius 1 is 1.00 bits per heavy atom. The molecule has 0 aliphatic rings. The van der Waals surface area contributed by atoms with Crippen molar-refractivity contribution >= 4 is 27.5 Å². The molecule has 0 aliphatic heterocycles. The maximum Gasteiger partial charge on any atom is 0.255 e. The third kappa shape index (κ3) is 6.11. The lowest BCUT2D eigenvalue weighted by molar-refractivity contribution is 0.0954. The van der Waals surface area contributed by atoms with Crippen molar-refractivity contribution in [3.63, 3.8) is 0 Å². The maximum absolute atomic E-state index is 12.6. The lowest BCUT2D eigenvalue weighted by Gasteiger charge is -2.11. The van der Waals surface area contributed by atoms with Crippen LogP contribution in [0.5, 0.6) is 0 Å². The zero-order chi connectivity index (χ0) is 21.4. The van der Waals surface area contributed by atoms with Gasteiger partial charge in [-0.05, 0) is 55.8 Å². The van der Waals surface area contributed by atoms with Crippen molar-refractivity contribution < 1.29 is 22.7 Å². The Hall–Kier alpha value is -2.75. The maximum atomic E-state index is 12.6. The van der Waals surface area contributed by atoms with Crippen LogP contribution in [0.4, 0.5) is 5.69 Å². The Morgan fingerprint density at radius 2 is 1.66 bits per heavy atom. The molecule has 2 aromatic rings. The number of carbonyl (C=O) groups is 2. The molecule has 0 saturated carbocycles. The van der Waals surface area contributed by atoms with Crippen LogP contribution in [0.3, 0.4) is 0 Å². The molecule has 156 valence electrons. The lowest BCUT2D eigenvalue weighted by Crippen LogP contribution is -2.27. The predicted molar refractivity (Wildman–Crippen MR) is 111 cm³/mol. The first-order chi connectivity index (χ1) is 13.8. The van der Waals surface area contributed by atoms with Crippen molar-refractivity contribution in [2.24, 2.45) is 0 Å². The van der Waals surface area contributed by atoms with E-state index in [9.17, 15) is 18.0 Å². The van der Waals surface area contributed by atoms with Crippen LogP contribution >= 0.6 is 0 Å². The highest BCUT2D eigenvalue weighted by molar-refractivity contribution is 7.89. The normalized spacial score (nSPS) is 11.1. The molecule has 2 aromatic carbocycles. The summed E-state index contributed by atoms with van der Waals surface area (Å²) in [7, 11) is -2.19. The van der Waals surface area contributed by atoms with Gasteiger partial charge >= 0.3 is 0 Å². The summed E-state index contributed by atoms with van der Waals surface area (Å²) in [6.45, 7) is 4.56. The Bertz CT molecular complexity index is 972. The molecule has 8 nitrogen and oxygen atoms in total. The van der Waals surface area contributed by atoms with Crippen LogP contribution in [0.2, 0.25) is 0 Å². The number of amides is 2. The van der Waals surface area contributed by atoms with E-state index in [0.29, 0.717) is 23.4 Å². The van der Waals surface area contributed by atoms with E-state index < -0.39 is 15.9 Å². The average molecular weight is 420 g/mol. The number of methoxy groups -OCH3 is 1. The Morgan fingerprint density at radius 3 is 2.28 bits per heavy atom. The van der Waals surface area contributed by atoms with Gasteiger partial charge in [-0.25, -0.2) is 13.1 Å². The highest BCUT2D eigenvalue weighted by atomic mass is 32.2. The second kappa shape index (κ2) is 10.1. The van der Waals surface area contributed by atoms with Gasteiger partial charge in [-0.3, -0.25) is 9.59 Å². The van der Waals surface area contributed by atoms with Gasteiger partial charge in [-0.2, -0.15) is 0 Å². The molecular weight excluding hydrogens is 394 g/mol. The summed E-state index contributed by atoms with van der Waals surface area (Å²) >= 11 is 0. The number of nitrogens with one attached hydrogen (secondary N) is 3. The zero-order valence-electron chi connectivity index (χ0n) is 16.6. The number of carbonyl (C=O) groups excluding carboxylic acids is 2. The molecule has 0 aromatic heterocycles. The molecule has 0 heterocycles. The summed E-state index contributed by atoms with van der Waals surface area (Å²) in [6, 6.07) is 10.6. The third-order valence-corrected chi connectivity index (χ3v) is 5.59. The third-order valence-electron chi connectivity index (χ3n) is 4.11. The molecule has 0 aliphatic carbocycles. The summed E-state index contributed by atoms with van der Waals surface area (Å²) < 4.78 is 31.6. The minimum absolute atomic E-state index is 0.0552. The molecular formula is C20H25N3O5S. The zero-order valence-corrected chi connectivity index (χ0v) is 17.4. The first-order valence-electron chi connectivity index (χ1n) is 9.07. The molecule has 0 fully saturated rings. The van der Waals surface area contributed by atoms with Crippen LogP contribution in [0.1, 0.15) is 33.2 Å². The van der Waals surface area contributed by atoms with Crippen molar-refractivity contribution in [2.45, 2.75) is 18.7 Å². The molecule has 0 bridgehead atoms. The van der Waals surface area contributed by atoms with E-state index in [1.165, 1.54) is 31.4 Å². The number of anilines is 1. The Balaban J connectivity index is 2.14. The standard InChI is InChI=1S/C20H25N3O5S/c1-4-21-19(24)16-6-5-14(2)18(13-16)23-20(25)15-7-9-17(10-8-15)29(26,27)22-11-12-28-3/h5-10,13,22H,4,11-12H2,1-3H3,(H,21,24)(H,23,25). The van der Waals surface area contributed by atoms with Gasteiger partial charge in [0.05, 0.1) is 11.5 Å². The van der Waals surface area contributed by atoms with E-state index in [1.807, 2.05) is 13.8 Å². The SMILES string of the molecule is CCNC(=O)c1ccc(C)c(NC(=O)c2ccc(S(=O)(=O)NCCOC)cc2)c1. The van der Waals surface area contributed by atoms with Crippen molar-refractivity contribution in [3.8, 4) is 0 Å². The smallest absolute Gasteiger partial charge is 0.255 e. The van der Waals surface area contributed by atoms with Crippen molar-refractivity contribution in [1.82, 2.24) is 10.0 Å². The Labute approximate surface area is 170 Å². The van der Waals surface area contributed by atoms with Gasteiger partial charge in [0, 0.05) is 37.0 Å². The molecule has 3 N–H and O–H groups in total. The minimum Gasteiger partial charge on any atom is -0.383 e. The number of hydrogen-bond donors (Lipinski definition) is 3. The van der Waals surface area contributed by atoms with Gasteiger partial charge < -0.3 is 15.4 Å². The van der Waals surface area contributed by atoms with E-state index >= 15 is 0 Å². The average Bonchev–Trinajstić information content (AvgIpc) is 2.70. The molecule has 2 rings (SSSR count). The topological polar surface area (TPSA) is 114 Å². The highest BCUT2D eigenvalue weighted by Gasteiger charge is 2.15. The number of rotatable bonds is 9. The summed E-state index contributed by atoms with van der Waals surface area (Å²) in [4.78, 5) is 24.6. The van der Waals surface area contributed by atoms with Gasteiger partial charge in [0.2, 0.25) is 10.0 Å². The fourth-order valence-corrected chi connectivity index (χ4v) is 3.52.